The number of benzene rings is 2. The smallest absolute Gasteiger partial charge is 0.234 e. The van der Waals surface area contributed by atoms with Crippen molar-refractivity contribution in [2.75, 3.05) is 11.1 Å². The summed E-state index contributed by atoms with van der Waals surface area (Å²) in [6.07, 6.45) is 0. The number of nitrogens with zero attached hydrogens (tertiary/aromatic N) is 2. The molecule has 0 aliphatic carbocycles. The Balaban J connectivity index is 1.46. The fourth-order valence-electron chi connectivity index (χ4n) is 1.93. The van der Waals surface area contributed by atoms with Gasteiger partial charge < -0.3 is 5.32 Å². The summed E-state index contributed by atoms with van der Waals surface area (Å²) < 4.78 is 27.5. The zero-order valence-corrected chi connectivity index (χ0v) is 15.8. The number of aromatic nitrogens is 2. The first kappa shape index (κ1) is 18.8. The Hall–Kier alpha value is -1.97. The van der Waals surface area contributed by atoms with Crippen LogP contribution < -0.4 is 5.32 Å². The van der Waals surface area contributed by atoms with Crippen molar-refractivity contribution in [3.8, 4) is 0 Å². The summed E-state index contributed by atoms with van der Waals surface area (Å²) in [6, 6.07) is 13.3. The SMILES string of the molecule is O=C(CSc1nnc(SCc2ccccc2)s1)Nc1ccc(F)c(F)c1. The number of carbonyl (C=O) groups excluding carboxylic acids is 1. The summed E-state index contributed by atoms with van der Waals surface area (Å²) in [6.45, 7) is 0. The number of thioether (sulfide) groups is 2. The highest BCUT2D eigenvalue weighted by Gasteiger charge is 2.10. The van der Waals surface area contributed by atoms with E-state index in [0.29, 0.717) is 4.34 Å². The van der Waals surface area contributed by atoms with Gasteiger partial charge in [0, 0.05) is 17.5 Å². The van der Waals surface area contributed by atoms with E-state index in [9.17, 15) is 13.6 Å². The molecular formula is C17H13F2N3OS3. The predicted octanol–water partition coefficient (Wildman–Crippen LogP) is 4.84. The standard InChI is InChI=1S/C17H13F2N3OS3/c18-13-7-6-12(8-14(13)19)20-15(23)10-25-17-22-21-16(26-17)24-9-11-4-2-1-3-5-11/h1-8H,9-10H2,(H,20,23). The second-order valence-corrected chi connectivity index (χ2v) is 8.50. The Morgan fingerprint density at radius 2 is 1.73 bits per heavy atom. The molecule has 0 saturated carbocycles. The molecule has 0 unspecified atom stereocenters. The molecule has 1 amide bonds. The van der Waals surface area contributed by atoms with Crippen molar-refractivity contribution in [2.24, 2.45) is 0 Å². The lowest BCUT2D eigenvalue weighted by molar-refractivity contribution is -0.113. The second-order valence-electron chi connectivity index (χ2n) is 5.07. The van der Waals surface area contributed by atoms with Gasteiger partial charge in [-0.05, 0) is 17.7 Å². The van der Waals surface area contributed by atoms with E-state index < -0.39 is 11.6 Å². The van der Waals surface area contributed by atoms with Gasteiger partial charge in [-0.2, -0.15) is 0 Å². The Kier molecular flexibility index (Phi) is 6.59. The number of carbonyl (C=O) groups is 1. The maximum absolute atomic E-state index is 13.1. The number of halogens is 2. The predicted molar refractivity (Wildman–Crippen MR) is 102 cm³/mol. The average molecular weight is 410 g/mol. The quantitative estimate of drug-likeness (QED) is 0.566. The zero-order valence-electron chi connectivity index (χ0n) is 13.3. The molecule has 0 fully saturated rings. The number of hydrogen-bond acceptors (Lipinski definition) is 6. The van der Waals surface area contributed by atoms with Crippen LogP contribution in [0, 0.1) is 11.6 Å². The molecule has 0 bridgehead atoms. The van der Waals surface area contributed by atoms with Crippen LogP contribution in [0.5, 0.6) is 0 Å². The number of rotatable bonds is 7. The van der Waals surface area contributed by atoms with Crippen LogP contribution in [-0.4, -0.2) is 21.9 Å². The third-order valence-electron chi connectivity index (χ3n) is 3.12. The average Bonchev–Trinajstić information content (AvgIpc) is 3.10. The lowest BCUT2D eigenvalue weighted by atomic mass is 10.2. The summed E-state index contributed by atoms with van der Waals surface area (Å²) in [5.74, 6) is -1.37. The van der Waals surface area contributed by atoms with Crippen molar-refractivity contribution in [1.29, 1.82) is 0 Å². The minimum atomic E-state index is -1.00. The normalized spacial score (nSPS) is 10.7. The molecule has 3 rings (SSSR count). The first-order chi connectivity index (χ1) is 12.6. The van der Waals surface area contributed by atoms with Gasteiger partial charge >= 0.3 is 0 Å². The topological polar surface area (TPSA) is 54.9 Å². The lowest BCUT2D eigenvalue weighted by Crippen LogP contribution is -2.14. The molecule has 1 N–H and O–H groups in total. The highest BCUT2D eigenvalue weighted by atomic mass is 32.2. The monoisotopic (exact) mass is 409 g/mol. The molecule has 3 aromatic rings. The van der Waals surface area contributed by atoms with Crippen molar-refractivity contribution in [3.63, 3.8) is 0 Å². The Bertz CT molecular complexity index is 890. The van der Waals surface area contributed by atoms with Crippen LogP contribution in [0.15, 0.2) is 57.2 Å². The van der Waals surface area contributed by atoms with E-state index in [2.05, 4.69) is 15.5 Å². The number of anilines is 1. The van der Waals surface area contributed by atoms with Gasteiger partial charge in [-0.3, -0.25) is 4.79 Å². The van der Waals surface area contributed by atoms with Crippen LogP contribution in [0.1, 0.15) is 5.56 Å². The van der Waals surface area contributed by atoms with Gasteiger partial charge in [0.05, 0.1) is 5.75 Å². The molecule has 134 valence electrons. The minimum absolute atomic E-state index is 0.108. The van der Waals surface area contributed by atoms with Gasteiger partial charge in [0.2, 0.25) is 5.91 Å². The summed E-state index contributed by atoms with van der Waals surface area (Å²) in [5.41, 5.74) is 1.42. The largest absolute Gasteiger partial charge is 0.325 e. The zero-order chi connectivity index (χ0) is 18.4. The van der Waals surface area contributed by atoms with Crippen molar-refractivity contribution < 1.29 is 13.6 Å². The molecule has 1 aromatic heterocycles. The molecule has 2 aromatic carbocycles. The van der Waals surface area contributed by atoms with Crippen molar-refractivity contribution in [3.05, 3.63) is 65.7 Å². The maximum Gasteiger partial charge on any atom is 0.234 e. The van der Waals surface area contributed by atoms with Gasteiger partial charge in [0.25, 0.3) is 0 Å². The van der Waals surface area contributed by atoms with Gasteiger partial charge in [0.15, 0.2) is 20.3 Å². The second kappa shape index (κ2) is 9.11. The van der Waals surface area contributed by atoms with E-state index in [1.54, 1.807) is 11.8 Å². The third-order valence-corrected chi connectivity index (χ3v) is 6.38. The highest BCUT2D eigenvalue weighted by Crippen LogP contribution is 2.30. The summed E-state index contributed by atoms with van der Waals surface area (Å²) in [7, 11) is 0. The molecule has 0 atom stereocenters. The Morgan fingerprint density at radius 3 is 2.46 bits per heavy atom. The summed E-state index contributed by atoms with van der Waals surface area (Å²) in [4.78, 5) is 11.9. The van der Waals surface area contributed by atoms with E-state index >= 15 is 0 Å². The van der Waals surface area contributed by atoms with Gasteiger partial charge in [-0.25, -0.2) is 8.78 Å². The fourth-order valence-corrected chi connectivity index (χ4v) is 4.71. The van der Waals surface area contributed by atoms with Crippen LogP contribution >= 0.6 is 34.9 Å². The molecule has 9 heteroatoms. The van der Waals surface area contributed by atoms with Crippen molar-refractivity contribution in [2.45, 2.75) is 14.4 Å². The van der Waals surface area contributed by atoms with E-state index in [1.165, 1.54) is 34.7 Å². The minimum Gasteiger partial charge on any atom is -0.325 e. The van der Waals surface area contributed by atoms with Gasteiger partial charge in [-0.1, -0.05) is 65.2 Å². The third kappa shape index (κ3) is 5.52. The van der Waals surface area contributed by atoms with Gasteiger partial charge in [0.1, 0.15) is 0 Å². The van der Waals surface area contributed by atoms with Crippen molar-refractivity contribution >= 4 is 46.5 Å². The number of hydrogen-bond donors (Lipinski definition) is 1. The van der Waals surface area contributed by atoms with Crippen LogP contribution in [-0.2, 0) is 10.5 Å². The molecule has 0 spiro atoms. The first-order valence-electron chi connectivity index (χ1n) is 7.48. The molecular weight excluding hydrogens is 396 g/mol. The number of nitrogens with one attached hydrogen (secondary N) is 1. The number of amides is 1. The molecule has 0 radical (unpaired) electrons. The van der Waals surface area contributed by atoms with Crippen molar-refractivity contribution in [1.82, 2.24) is 10.2 Å². The fraction of sp³-hybridized carbons (Fsp3) is 0.118. The van der Waals surface area contributed by atoms with E-state index in [-0.39, 0.29) is 17.3 Å². The highest BCUT2D eigenvalue weighted by molar-refractivity contribution is 8.03. The van der Waals surface area contributed by atoms with E-state index in [4.69, 9.17) is 0 Å². The lowest BCUT2D eigenvalue weighted by Gasteiger charge is -2.04. The van der Waals surface area contributed by atoms with Gasteiger partial charge in [-0.15, -0.1) is 10.2 Å². The van der Waals surface area contributed by atoms with Crippen LogP contribution in [0.3, 0.4) is 0 Å². The molecule has 4 nitrogen and oxygen atoms in total. The van der Waals surface area contributed by atoms with Crippen LogP contribution in [0.2, 0.25) is 0 Å². The van der Waals surface area contributed by atoms with Crippen LogP contribution in [0.4, 0.5) is 14.5 Å². The Morgan fingerprint density at radius 1 is 1.00 bits per heavy atom. The van der Waals surface area contributed by atoms with Crippen LogP contribution in [0.25, 0.3) is 0 Å². The molecule has 0 aliphatic heterocycles. The first-order valence-corrected chi connectivity index (χ1v) is 10.3. The molecule has 26 heavy (non-hydrogen) atoms. The van der Waals surface area contributed by atoms with E-state index in [0.717, 1.165) is 22.2 Å². The summed E-state index contributed by atoms with van der Waals surface area (Å²) >= 11 is 4.26. The Labute approximate surface area is 161 Å². The maximum atomic E-state index is 13.1. The molecule has 1 heterocycles. The summed E-state index contributed by atoms with van der Waals surface area (Å²) in [5, 5.41) is 10.7. The molecule has 0 saturated heterocycles. The van der Waals surface area contributed by atoms with E-state index in [1.807, 2.05) is 30.3 Å². The molecule has 0 aliphatic rings.